The summed E-state index contributed by atoms with van der Waals surface area (Å²) in [4.78, 5) is 29.9. The molecule has 1 atom stereocenters. The van der Waals surface area contributed by atoms with Crippen molar-refractivity contribution in [2.45, 2.75) is 38.8 Å². The van der Waals surface area contributed by atoms with Gasteiger partial charge in [0.25, 0.3) is 0 Å². The van der Waals surface area contributed by atoms with E-state index < -0.39 is 5.97 Å². The molecule has 1 aromatic heterocycles. The molecule has 3 aromatic rings. The number of hydrogen-bond acceptors (Lipinski definition) is 3. The van der Waals surface area contributed by atoms with Crippen LogP contribution in [-0.4, -0.2) is 27.0 Å². The molecule has 6 nitrogen and oxygen atoms in total. The van der Waals surface area contributed by atoms with Gasteiger partial charge in [0.15, 0.2) is 0 Å². The Morgan fingerprint density at radius 1 is 1.15 bits per heavy atom. The van der Waals surface area contributed by atoms with Crippen molar-refractivity contribution in [2.75, 3.05) is 5.32 Å². The molecule has 166 valence electrons. The summed E-state index contributed by atoms with van der Waals surface area (Å²) in [6.07, 6.45) is 1.68. The number of amides is 2. The Kier molecular flexibility index (Phi) is 5.89. The first kappa shape index (κ1) is 22.1. The van der Waals surface area contributed by atoms with Crippen LogP contribution in [0, 0.1) is 11.8 Å². The van der Waals surface area contributed by atoms with Gasteiger partial charge in [0.1, 0.15) is 5.82 Å². The van der Waals surface area contributed by atoms with Crippen LogP contribution in [0.1, 0.15) is 59.4 Å². The van der Waals surface area contributed by atoms with Gasteiger partial charge in [0.05, 0.1) is 23.6 Å². The molecule has 33 heavy (non-hydrogen) atoms. The minimum atomic E-state index is -0.978. The third-order valence-corrected chi connectivity index (χ3v) is 5.92. The van der Waals surface area contributed by atoms with E-state index in [1.165, 1.54) is 0 Å². The molecule has 6 heteroatoms. The number of nitrogens with zero attached hydrogens (tertiary/aromatic N) is 2. The summed E-state index contributed by atoms with van der Waals surface area (Å²) >= 11 is 0. The quantitative estimate of drug-likeness (QED) is 0.546. The number of hydrogen-bond donors (Lipinski definition) is 2. The number of benzene rings is 2. The molecule has 1 aliphatic heterocycles. The third-order valence-electron chi connectivity index (χ3n) is 5.92. The molecule has 1 unspecified atom stereocenters. The number of carboxylic acid groups (broad SMARTS) is 1. The van der Waals surface area contributed by atoms with E-state index in [0.717, 1.165) is 22.3 Å². The molecule has 0 bridgehead atoms. The van der Waals surface area contributed by atoms with Crippen LogP contribution in [0.15, 0.2) is 66.9 Å². The van der Waals surface area contributed by atoms with Gasteiger partial charge < -0.3 is 10.0 Å². The van der Waals surface area contributed by atoms with Gasteiger partial charge in [0, 0.05) is 17.3 Å². The Morgan fingerprint density at radius 3 is 2.52 bits per heavy atom. The maximum Gasteiger partial charge on any atom is 0.335 e. The van der Waals surface area contributed by atoms with Gasteiger partial charge in [0.2, 0.25) is 0 Å². The summed E-state index contributed by atoms with van der Waals surface area (Å²) in [6.45, 7) is 6.47. The summed E-state index contributed by atoms with van der Waals surface area (Å²) < 4.78 is 0. The van der Waals surface area contributed by atoms with Gasteiger partial charge in [-0.25, -0.2) is 14.6 Å². The number of carboxylic acids is 1. The van der Waals surface area contributed by atoms with Gasteiger partial charge in [-0.15, -0.1) is 0 Å². The van der Waals surface area contributed by atoms with E-state index in [4.69, 9.17) is 5.11 Å². The van der Waals surface area contributed by atoms with Crippen LogP contribution in [0.4, 0.5) is 10.6 Å². The lowest BCUT2D eigenvalue weighted by atomic mass is 9.85. The van der Waals surface area contributed by atoms with Crippen LogP contribution in [-0.2, 0) is 12.0 Å². The van der Waals surface area contributed by atoms with Gasteiger partial charge in [-0.05, 0) is 50.1 Å². The SMILES string of the molecule is CC(c1ccc(C(=O)O)cc1)N1Cc2cc(C#CC(C)(C)c3ccccc3)cnc2NC1=O. The van der Waals surface area contributed by atoms with Crippen LogP contribution in [0.2, 0.25) is 0 Å². The second-order valence-corrected chi connectivity index (χ2v) is 8.63. The number of pyridine rings is 1. The molecular formula is C27H25N3O3. The normalized spacial score (nSPS) is 13.9. The fourth-order valence-electron chi connectivity index (χ4n) is 3.79. The topological polar surface area (TPSA) is 82.5 Å². The number of aromatic carboxylic acids is 1. The first-order valence-corrected chi connectivity index (χ1v) is 10.7. The molecular weight excluding hydrogens is 414 g/mol. The van der Waals surface area contributed by atoms with Crippen molar-refractivity contribution in [1.29, 1.82) is 0 Å². The van der Waals surface area contributed by atoms with E-state index in [2.05, 4.69) is 48.1 Å². The summed E-state index contributed by atoms with van der Waals surface area (Å²) in [5.74, 6) is 6.14. The fraction of sp³-hybridized carbons (Fsp3) is 0.222. The highest BCUT2D eigenvalue weighted by atomic mass is 16.4. The fourth-order valence-corrected chi connectivity index (χ4v) is 3.79. The van der Waals surface area contributed by atoms with Gasteiger partial charge in [-0.1, -0.05) is 54.3 Å². The molecule has 2 amide bonds. The van der Waals surface area contributed by atoms with Crippen molar-refractivity contribution in [3.63, 3.8) is 0 Å². The molecule has 2 heterocycles. The predicted molar refractivity (Wildman–Crippen MR) is 127 cm³/mol. The Morgan fingerprint density at radius 2 is 1.85 bits per heavy atom. The van der Waals surface area contributed by atoms with Crippen LogP contribution in [0.5, 0.6) is 0 Å². The highest BCUT2D eigenvalue weighted by Crippen LogP contribution is 2.30. The monoisotopic (exact) mass is 439 g/mol. The van der Waals surface area contributed by atoms with Crippen LogP contribution < -0.4 is 5.32 Å². The van der Waals surface area contributed by atoms with Crippen LogP contribution >= 0.6 is 0 Å². The van der Waals surface area contributed by atoms with Crippen molar-refractivity contribution in [2.24, 2.45) is 0 Å². The number of carbonyl (C=O) groups excluding carboxylic acids is 1. The van der Waals surface area contributed by atoms with Crippen molar-refractivity contribution < 1.29 is 14.7 Å². The Hall–Kier alpha value is -4.11. The number of urea groups is 1. The van der Waals surface area contributed by atoms with E-state index >= 15 is 0 Å². The van der Waals surface area contributed by atoms with Gasteiger partial charge in [-0.2, -0.15) is 0 Å². The lowest BCUT2D eigenvalue weighted by molar-refractivity contribution is 0.0696. The van der Waals surface area contributed by atoms with Crippen LogP contribution in [0.3, 0.4) is 0 Å². The standard InChI is InChI=1S/C27H25N3O3/c1-18(20-9-11-21(12-10-20)25(31)32)30-17-22-15-19(16-28-24(22)29-26(30)33)13-14-27(2,3)23-7-5-4-6-8-23/h4-12,15-16,18H,17H2,1-3H3,(H,31,32)(H,28,29,33). The van der Waals surface area contributed by atoms with E-state index in [-0.39, 0.29) is 23.1 Å². The lowest BCUT2D eigenvalue weighted by Crippen LogP contribution is -2.40. The molecule has 0 saturated heterocycles. The third kappa shape index (κ3) is 4.73. The van der Waals surface area contributed by atoms with Crippen molar-refractivity contribution in [3.05, 3.63) is 94.7 Å². The highest BCUT2D eigenvalue weighted by molar-refractivity contribution is 5.91. The molecule has 0 spiro atoms. The lowest BCUT2D eigenvalue weighted by Gasteiger charge is -2.33. The minimum absolute atomic E-state index is 0.213. The summed E-state index contributed by atoms with van der Waals surface area (Å²) in [7, 11) is 0. The van der Waals surface area contributed by atoms with Gasteiger partial charge >= 0.3 is 12.0 Å². The molecule has 0 aliphatic carbocycles. The second-order valence-electron chi connectivity index (χ2n) is 8.63. The smallest absolute Gasteiger partial charge is 0.335 e. The zero-order chi connectivity index (χ0) is 23.6. The molecule has 0 fully saturated rings. The number of anilines is 1. The number of carbonyl (C=O) groups is 2. The predicted octanol–water partition coefficient (Wildman–Crippen LogP) is 5.22. The Labute approximate surface area is 193 Å². The summed E-state index contributed by atoms with van der Waals surface area (Å²) in [5.41, 5.74) is 3.57. The van der Waals surface area contributed by atoms with E-state index in [1.54, 1.807) is 35.4 Å². The maximum absolute atomic E-state index is 12.7. The molecule has 0 saturated carbocycles. The van der Waals surface area contributed by atoms with E-state index in [9.17, 15) is 9.59 Å². The molecule has 0 radical (unpaired) electrons. The summed E-state index contributed by atoms with van der Waals surface area (Å²) in [6, 6.07) is 18.2. The second kappa shape index (κ2) is 8.79. The average molecular weight is 440 g/mol. The first-order valence-electron chi connectivity index (χ1n) is 10.7. The number of fused-ring (bicyclic) bond motifs is 1. The van der Waals surface area contributed by atoms with Crippen LogP contribution in [0.25, 0.3) is 0 Å². The molecule has 1 aliphatic rings. The van der Waals surface area contributed by atoms with Crippen molar-refractivity contribution in [3.8, 4) is 11.8 Å². The molecule has 4 rings (SSSR count). The highest BCUT2D eigenvalue weighted by Gasteiger charge is 2.28. The average Bonchev–Trinajstić information content (AvgIpc) is 2.82. The van der Waals surface area contributed by atoms with E-state index in [1.807, 2.05) is 31.2 Å². The minimum Gasteiger partial charge on any atom is -0.478 e. The van der Waals surface area contributed by atoms with Crippen molar-refractivity contribution in [1.82, 2.24) is 9.88 Å². The molecule has 2 aromatic carbocycles. The Bertz CT molecular complexity index is 1260. The zero-order valence-electron chi connectivity index (χ0n) is 18.8. The molecule has 2 N–H and O–H groups in total. The number of aromatic nitrogens is 1. The number of nitrogens with one attached hydrogen (secondary N) is 1. The summed E-state index contributed by atoms with van der Waals surface area (Å²) in [5, 5.41) is 12.0. The maximum atomic E-state index is 12.7. The first-order chi connectivity index (χ1) is 15.7. The van der Waals surface area contributed by atoms with Crippen molar-refractivity contribution >= 4 is 17.8 Å². The Balaban J connectivity index is 1.56. The van der Waals surface area contributed by atoms with Gasteiger partial charge in [-0.3, -0.25) is 5.32 Å². The zero-order valence-corrected chi connectivity index (χ0v) is 18.8. The number of rotatable bonds is 4. The van der Waals surface area contributed by atoms with E-state index in [0.29, 0.717) is 12.4 Å². The largest absolute Gasteiger partial charge is 0.478 e.